The monoisotopic (exact) mass is 967 g/mol. The summed E-state index contributed by atoms with van der Waals surface area (Å²) in [5.41, 5.74) is -0.132. The molecule has 4 N–H and O–H groups in total. The number of Topliss-reactive ketones (excluding diaryl/α,β-unsaturated/α-hetero) is 2. The van der Waals surface area contributed by atoms with Gasteiger partial charge in [-0.25, -0.2) is 19.0 Å². The van der Waals surface area contributed by atoms with E-state index in [1.54, 1.807) is 13.8 Å². The average Bonchev–Trinajstić information content (AvgIpc) is 3.68. The molecule has 0 radical (unpaired) electrons. The summed E-state index contributed by atoms with van der Waals surface area (Å²) in [5, 5.41) is 31.6. The Bertz CT molecular complexity index is 2680. The van der Waals surface area contributed by atoms with Gasteiger partial charge in [0, 0.05) is 46.4 Å². The molecule has 66 heavy (non-hydrogen) atoms. The molecule has 5 aromatic rings. The molecule has 2 atom stereocenters. The minimum absolute atomic E-state index is 0.0154. The number of nitrogens with zero attached hydrogens (tertiary/aromatic N) is 7. The predicted octanol–water partition coefficient (Wildman–Crippen LogP) is 3.11. The highest BCUT2D eigenvalue weighted by atomic mass is 35.5. The zero-order valence-corrected chi connectivity index (χ0v) is 37.7. The van der Waals surface area contributed by atoms with Crippen molar-refractivity contribution in [2.45, 2.75) is 76.3 Å². The fourth-order valence-corrected chi connectivity index (χ4v) is 8.52. The second-order valence-electron chi connectivity index (χ2n) is 14.4. The molecular formula is C42H43ClFN9O11S2. The summed E-state index contributed by atoms with van der Waals surface area (Å²) in [5.74, 6) is -7.22. The van der Waals surface area contributed by atoms with Gasteiger partial charge in [0.05, 0.1) is 43.0 Å². The van der Waals surface area contributed by atoms with Gasteiger partial charge in [-0.1, -0.05) is 65.2 Å². The van der Waals surface area contributed by atoms with Crippen LogP contribution in [0.25, 0.3) is 0 Å². The molecule has 5 rings (SSSR count). The Morgan fingerprint density at radius 1 is 0.833 bits per heavy atom. The van der Waals surface area contributed by atoms with Crippen LogP contribution in [0.1, 0.15) is 48.0 Å². The standard InChI is InChI=1S/C42H43ClFN9O11S2/c1-3-26-16-46-40(42(63)52(26)19-36(57)48-31(15-38(60)61)34(55)23-66-21-27-28(43)10-7-11-29(27)44)53(17-32-24(2)49-64-50-32)39-41(62)51(13-12-45-39)18-35(56)47-30(14-37(58)59)33(54)22-65-20-25-8-5-4-6-9-25/h4-13,16,30-31H,3,14-15,17-23H2,1-2H3,(H,47,56)(H,48,57)(H,58,59)(H,60,61)/t30-,31-/m0/s1. The Labute approximate surface area is 388 Å². The lowest BCUT2D eigenvalue weighted by Crippen LogP contribution is -2.46. The lowest BCUT2D eigenvalue weighted by atomic mass is 10.1. The van der Waals surface area contributed by atoms with E-state index in [9.17, 15) is 53.0 Å². The quantitative estimate of drug-likeness (QED) is 0.0654. The smallest absolute Gasteiger partial charge is 0.305 e. The molecule has 0 bridgehead atoms. The highest BCUT2D eigenvalue weighted by Gasteiger charge is 2.29. The summed E-state index contributed by atoms with van der Waals surface area (Å²) in [6.07, 6.45) is 2.24. The van der Waals surface area contributed by atoms with E-state index < -0.39 is 108 Å². The van der Waals surface area contributed by atoms with Gasteiger partial charge in [0.25, 0.3) is 11.1 Å². The van der Waals surface area contributed by atoms with Crippen molar-refractivity contribution in [2.24, 2.45) is 0 Å². The van der Waals surface area contributed by atoms with E-state index in [0.717, 1.165) is 43.8 Å². The van der Waals surface area contributed by atoms with Gasteiger partial charge in [-0.2, -0.15) is 0 Å². The Balaban J connectivity index is 1.38. The van der Waals surface area contributed by atoms with Crippen LogP contribution in [0.15, 0.2) is 81.3 Å². The van der Waals surface area contributed by atoms with Crippen molar-refractivity contribution >= 4 is 82.1 Å². The number of amides is 2. The molecule has 3 aromatic heterocycles. The number of hydrogen-bond donors (Lipinski definition) is 4. The van der Waals surface area contributed by atoms with Crippen molar-refractivity contribution in [3.05, 3.63) is 127 Å². The van der Waals surface area contributed by atoms with E-state index in [-0.39, 0.29) is 51.3 Å². The highest BCUT2D eigenvalue weighted by molar-refractivity contribution is 7.99. The molecule has 0 unspecified atom stereocenters. The maximum atomic E-state index is 14.4. The minimum Gasteiger partial charge on any atom is -0.481 e. The molecule has 0 fully saturated rings. The minimum atomic E-state index is -1.53. The van der Waals surface area contributed by atoms with Gasteiger partial charge in [-0.15, -0.1) is 23.5 Å². The number of carboxylic acids is 2. The van der Waals surface area contributed by atoms with E-state index in [0.29, 0.717) is 5.75 Å². The number of carboxylic acid groups (broad SMARTS) is 2. The van der Waals surface area contributed by atoms with Gasteiger partial charge < -0.3 is 25.4 Å². The van der Waals surface area contributed by atoms with E-state index in [4.69, 9.17) is 16.2 Å². The number of thioether (sulfide) groups is 2. The second kappa shape index (κ2) is 24.0. The van der Waals surface area contributed by atoms with Crippen LogP contribution in [0.5, 0.6) is 0 Å². The van der Waals surface area contributed by atoms with E-state index >= 15 is 0 Å². The van der Waals surface area contributed by atoms with Gasteiger partial charge in [-0.05, 0) is 31.0 Å². The molecule has 348 valence electrons. The molecule has 0 spiro atoms. The molecule has 0 saturated heterocycles. The third-order valence-corrected chi connectivity index (χ3v) is 12.0. The summed E-state index contributed by atoms with van der Waals surface area (Å²) < 4.78 is 21.1. The number of carbonyl (C=O) groups excluding carboxylic acids is 4. The molecule has 3 heterocycles. The van der Waals surface area contributed by atoms with Gasteiger partial charge in [-0.3, -0.25) is 47.8 Å². The van der Waals surface area contributed by atoms with Gasteiger partial charge in [0.2, 0.25) is 23.5 Å². The number of halogens is 2. The van der Waals surface area contributed by atoms with Crippen LogP contribution < -0.4 is 26.7 Å². The summed E-state index contributed by atoms with van der Waals surface area (Å²) in [6, 6.07) is 10.4. The fourth-order valence-electron chi connectivity index (χ4n) is 6.28. The molecule has 0 aliphatic carbocycles. The summed E-state index contributed by atoms with van der Waals surface area (Å²) in [4.78, 5) is 115. The third-order valence-electron chi connectivity index (χ3n) is 9.67. The first-order chi connectivity index (χ1) is 31.6. The summed E-state index contributed by atoms with van der Waals surface area (Å²) in [7, 11) is 0. The Hall–Kier alpha value is -6.72. The number of hydrogen-bond acceptors (Lipinski definition) is 16. The first-order valence-corrected chi connectivity index (χ1v) is 22.6. The zero-order valence-electron chi connectivity index (χ0n) is 35.3. The Morgan fingerprint density at radius 2 is 1.45 bits per heavy atom. The van der Waals surface area contributed by atoms with Crippen LogP contribution in [0.4, 0.5) is 16.0 Å². The van der Waals surface area contributed by atoms with E-state index in [1.165, 1.54) is 36.2 Å². The van der Waals surface area contributed by atoms with Crippen molar-refractivity contribution in [3.8, 4) is 0 Å². The molecule has 20 nitrogen and oxygen atoms in total. The third kappa shape index (κ3) is 13.9. The number of benzene rings is 2. The summed E-state index contributed by atoms with van der Waals surface area (Å²) >= 11 is 8.28. The van der Waals surface area contributed by atoms with Gasteiger partial charge in [0.15, 0.2) is 11.6 Å². The molecular weight excluding hydrogens is 925 g/mol. The van der Waals surface area contributed by atoms with Crippen LogP contribution >= 0.6 is 35.1 Å². The predicted molar refractivity (Wildman–Crippen MR) is 240 cm³/mol. The van der Waals surface area contributed by atoms with Crippen LogP contribution in [-0.4, -0.2) is 98.5 Å². The van der Waals surface area contributed by atoms with Gasteiger partial charge in [0.1, 0.15) is 30.3 Å². The maximum Gasteiger partial charge on any atom is 0.305 e. The van der Waals surface area contributed by atoms with E-state index in [2.05, 4.69) is 30.9 Å². The topological polar surface area (TPSA) is 279 Å². The first kappa shape index (κ1) is 50.3. The van der Waals surface area contributed by atoms with Crippen molar-refractivity contribution in [2.75, 3.05) is 16.4 Å². The average molecular weight is 968 g/mol. The van der Waals surface area contributed by atoms with Gasteiger partial charge >= 0.3 is 11.9 Å². The lowest BCUT2D eigenvalue weighted by Gasteiger charge is -2.23. The molecule has 0 aliphatic heterocycles. The number of rotatable bonds is 25. The molecule has 24 heteroatoms. The van der Waals surface area contributed by atoms with Crippen molar-refractivity contribution in [1.29, 1.82) is 0 Å². The SMILES string of the molecule is CCc1cnc(N(Cc2nonc2C)c2nccn(CC(=O)N[C@@H](CC(=O)O)C(=O)CSCc3ccccc3)c2=O)c(=O)n1CC(=O)N[C@@H](CC(=O)O)C(=O)CSCc1c(F)cccc1Cl. The molecule has 0 aliphatic rings. The first-order valence-electron chi connectivity index (χ1n) is 20.0. The molecule has 2 aromatic carbocycles. The van der Waals surface area contributed by atoms with Crippen LogP contribution in [0.2, 0.25) is 5.02 Å². The Morgan fingerprint density at radius 3 is 2.05 bits per heavy atom. The number of aryl methyl sites for hydroxylation is 2. The number of aliphatic carboxylic acids is 2. The van der Waals surface area contributed by atoms with E-state index in [1.807, 2.05) is 30.3 Å². The van der Waals surface area contributed by atoms with Crippen molar-refractivity contribution in [3.63, 3.8) is 0 Å². The second-order valence-corrected chi connectivity index (χ2v) is 16.8. The number of aromatic nitrogens is 6. The fraction of sp³-hybridized carbons (Fsp3) is 0.333. The largest absolute Gasteiger partial charge is 0.481 e. The maximum absolute atomic E-state index is 14.4. The number of nitrogens with one attached hydrogen (secondary N) is 2. The number of carbonyl (C=O) groups is 6. The molecule has 2 amide bonds. The number of ketones is 2. The highest BCUT2D eigenvalue weighted by Crippen LogP contribution is 2.25. The lowest BCUT2D eigenvalue weighted by molar-refractivity contribution is -0.140. The van der Waals surface area contributed by atoms with Crippen LogP contribution in [0.3, 0.4) is 0 Å². The number of anilines is 2. The Kier molecular flexibility index (Phi) is 18.3. The molecule has 0 saturated carbocycles. The van der Waals surface area contributed by atoms with Crippen molar-refractivity contribution in [1.82, 2.24) is 40.0 Å². The normalized spacial score (nSPS) is 11.9. The van der Waals surface area contributed by atoms with Crippen LogP contribution in [0, 0.1) is 12.7 Å². The zero-order chi connectivity index (χ0) is 47.9. The summed E-state index contributed by atoms with van der Waals surface area (Å²) in [6.45, 7) is 1.38. The van der Waals surface area contributed by atoms with Crippen LogP contribution in [-0.2, 0) is 66.3 Å². The van der Waals surface area contributed by atoms with Crippen molar-refractivity contribution < 1.29 is 48.0 Å².